The number of fused-ring (bicyclic) bond motifs is 1. The molecular formula is C19H19Cl2NO. The Morgan fingerprint density at radius 1 is 1.04 bits per heavy atom. The molecule has 0 heterocycles. The number of rotatable bonds is 3. The lowest BCUT2D eigenvalue weighted by atomic mass is 9.89. The SMILES string of the molecule is C[C@@H](NC(=O)c1ccc(Cl)cc1Cl)c1ccc2c(c1)CCCC2. The van der Waals surface area contributed by atoms with Crippen molar-refractivity contribution in [1.29, 1.82) is 0 Å². The molecule has 0 spiro atoms. The monoisotopic (exact) mass is 347 g/mol. The zero-order valence-corrected chi connectivity index (χ0v) is 14.5. The standard InChI is InChI=1S/C19H19Cl2NO/c1-12(14-7-6-13-4-2-3-5-15(13)10-14)22-19(23)17-9-8-16(20)11-18(17)21/h6-12H,2-5H2,1H3,(H,22,23)/t12-/m1/s1. The molecule has 1 N–H and O–H groups in total. The van der Waals surface area contributed by atoms with Crippen LogP contribution in [-0.4, -0.2) is 5.91 Å². The van der Waals surface area contributed by atoms with Gasteiger partial charge in [-0.2, -0.15) is 0 Å². The quantitative estimate of drug-likeness (QED) is 0.795. The van der Waals surface area contributed by atoms with Gasteiger partial charge in [-0.05, 0) is 67.5 Å². The average Bonchev–Trinajstić information content (AvgIpc) is 2.54. The second-order valence-corrected chi connectivity index (χ2v) is 6.90. The van der Waals surface area contributed by atoms with Gasteiger partial charge in [-0.3, -0.25) is 4.79 Å². The lowest BCUT2D eigenvalue weighted by Gasteiger charge is -2.20. The van der Waals surface area contributed by atoms with Gasteiger partial charge in [0.2, 0.25) is 0 Å². The highest BCUT2D eigenvalue weighted by atomic mass is 35.5. The van der Waals surface area contributed by atoms with Gasteiger partial charge in [-0.1, -0.05) is 41.4 Å². The number of hydrogen-bond acceptors (Lipinski definition) is 1. The molecule has 23 heavy (non-hydrogen) atoms. The van der Waals surface area contributed by atoms with E-state index in [1.165, 1.54) is 24.0 Å². The topological polar surface area (TPSA) is 29.1 Å². The molecule has 3 rings (SSSR count). The molecule has 2 nitrogen and oxygen atoms in total. The number of hydrogen-bond donors (Lipinski definition) is 1. The Bertz CT molecular complexity index is 742. The minimum absolute atomic E-state index is 0.0681. The number of carbonyl (C=O) groups excluding carboxylic acids is 1. The molecule has 4 heteroatoms. The maximum absolute atomic E-state index is 12.4. The Morgan fingerprint density at radius 3 is 2.52 bits per heavy atom. The van der Waals surface area contributed by atoms with Gasteiger partial charge in [0, 0.05) is 5.02 Å². The smallest absolute Gasteiger partial charge is 0.253 e. The van der Waals surface area contributed by atoms with Crippen LogP contribution in [0.2, 0.25) is 10.0 Å². The molecule has 0 bridgehead atoms. The minimum Gasteiger partial charge on any atom is -0.345 e. The third kappa shape index (κ3) is 3.70. The minimum atomic E-state index is -0.183. The third-order valence-electron chi connectivity index (χ3n) is 4.40. The predicted octanol–water partition coefficient (Wildman–Crippen LogP) is 5.36. The van der Waals surface area contributed by atoms with Crippen LogP contribution >= 0.6 is 23.2 Å². The first-order valence-electron chi connectivity index (χ1n) is 7.92. The molecule has 1 atom stereocenters. The fraction of sp³-hybridized carbons (Fsp3) is 0.316. The number of aryl methyl sites for hydroxylation is 2. The van der Waals surface area contributed by atoms with Crippen molar-refractivity contribution in [3.05, 3.63) is 68.7 Å². The van der Waals surface area contributed by atoms with E-state index >= 15 is 0 Å². The molecule has 0 saturated carbocycles. The normalized spacial score (nSPS) is 14.9. The molecular weight excluding hydrogens is 329 g/mol. The molecule has 2 aromatic carbocycles. The molecule has 0 unspecified atom stereocenters. The van der Waals surface area contributed by atoms with Crippen molar-refractivity contribution in [2.45, 2.75) is 38.6 Å². The van der Waals surface area contributed by atoms with Crippen LogP contribution in [-0.2, 0) is 12.8 Å². The maximum Gasteiger partial charge on any atom is 0.253 e. The Balaban J connectivity index is 1.76. The van der Waals surface area contributed by atoms with E-state index in [9.17, 15) is 4.79 Å². The van der Waals surface area contributed by atoms with E-state index in [0.717, 1.165) is 18.4 Å². The van der Waals surface area contributed by atoms with Gasteiger partial charge in [0.25, 0.3) is 5.91 Å². The van der Waals surface area contributed by atoms with Crippen LogP contribution in [0.3, 0.4) is 0 Å². The summed E-state index contributed by atoms with van der Waals surface area (Å²) in [5.74, 6) is -0.183. The highest BCUT2D eigenvalue weighted by Gasteiger charge is 2.16. The summed E-state index contributed by atoms with van der Waals surface area (Å²) < 4.78 is 0. The van der Waals surface area contributed by atoms with Crippen LogP contribution in [0.1, 0.15) is 52.9 Å². The molecule has 1 aliphatic rings. The highest BCUT2D eigenvalue weighted by molar-refractivity contribution is 6.36. The zero-order chi connectivity index (χ0) is 16.4. The summed E-state index contributed by atoms with van der Waals surface area (Å²) in [6, 6.07) is 11.4. The molecule has 0 saturated heterocycles. The molecule has 120 valence electrons. The van der Waals surface area contributed by atoms with Crippen LogP contribution in [0, 0.1) is 0 Å². The third-order valence-corrected chi connectivity index (χ3v) is 4.94. The van der Waals surface area contributed by atoms with Crippen LogP contribution < -0.4 is 5.32 Å². The van der Waals surface area contributed by atoms with E-state index in [0.29, 0.717) is 15.6 Å². The molecule has 0 aromatic heterocycles. The van der Waals surface area contributed by atoms with E-state index in [1.807, 2.05) is 6.92 Å². The van der Waals surface area contributed by atoms with E-state index in [1.54, 1.807) is 18.2 Å². The van der Waals surface area contributed by atoms with E-state index in [4.69, 9.17) is 23.2 Å². The lowest BCUT2D eigenvalue weighted by Crippen LogP contribution is -2.27. The summed E-state index contributed by atoms with van der Waals surface area (Å²) in [5.41, 5.74) is 4.43. The van der Waals surface area contributed by atoms with E-state index in [2.05, 4.69) is 23.5 Å². The molecule has 1 amide bonds. The number of nitrogens with one attached hydrogen (secondary N) is 1. The number of benzene rings is 2. The summed E-state index contributed by atoms with van der Waals surface area (Å²) in [7, 11) is 0. The molecule has 0 radical (unpaired) electrons. The molecule has 0 aliphatic heterocycles. The number of amides is 1. The van der Waals surface area contributed by atoms with Crippen molar-refractivity contribution in [3.8, 4) is 0 Å². The first-order valence-corrected chi connectivity index (χ1v) is 8.68. The Labute approximate surface area is 146 Å². The van der Waals surface area contributed by atoms with Crippen molar-refractivity contribution in [2.24, 2.45) is 0 Å². The summed E-state index contributed by atoms with van der Waals surface area (Å²) in [6.45, 7) is 1.99. The Kier molecular flexibility index (Phi) is 4.93. The molecule has 0 fully saturated rings. The van der Waals surface area contributed by atoms with Crippen LogP contribution in [0.25, 0.3) is 0 Å². The Hall–Kier alpha value is -1.51. The number of carbonyl (C=O) groups is 1. The van der Waals surface area contributed by atoms with Crippen molar-refractivity contribution in [2.75, 3.05) is 0 Å². The second kappa shape index (κ2) is 6.94. The van der Waals surface area contributed by atoms with Gasteiger partial charge in [-0.15, -0.1) is 0 Å². The Morgan fingerprint density at radius 2 is 1.78 bits per heavy atom. The second-order valence-electron chi connectivity index (χ2n) is 6.05. The van der Waals surface area contributed by atoms with Crippen molar-refractivity contribution < 1.29 is 4.79 Å². The van der Waals surface area contributed by atoms with Gasteiger partial charge in [0.05, 0.1) is 16.6 Å². The first kappa shape index (κ1) is 16.4. The van der Waals surface area contributed by atoms with Crippen LogP contribution in [0.4, 0.5) is 0 Å². The van der Waals surface area contributed by atoms with E-state index < -0.39 is 0 Å². The maximum atomic E-state index is 12.4. The highest BCUT2D eigenvalue weighted by Crippen LogP contribution is 2.26. The fourth-order valence-electron chi connectivity index (χ4n) is 3.05. The summed E-state index contributed by atoms with van der Waals surface area (Å²) >= 11 is 12.0. The summed E-state index contributed by atoms with van der Waals surface area (Å²) in [6.07, 6.45) is 4.81. The van der Waals surface area contributed by atoms with Crippen molar-refractivity contribution >= 4 is 29.1 Å². The molecule has 2 aromatic rings. The first-order chi connectivity index (χ1) is 11.0. The predicted molar refractivity (Wildman–Crippen MR) is 95.4 cm³/mol. The van der Waals surface area contributed by atoms with Crippen molar-refractivity contribution in [3.63, 3.8) is 0 Å². The van der Waals surface area contributed by atoms with Gasteiger partial charge < -0.3 is 5.32 Å². The largest absolute Gasteiger partial charge is 0.345 e. The van der Waals surface area contributed by atoms with Gasteiger partial charge in [0.1, 0.15) is 0 Å². The van der Waals surface area contributed by atoms with Gasteiger partial charge >= 0.3 is 0 Å². The van der Waals surface area contributed by atoms with E-state index in [-0.39, 0.29) is 11.9 Å². The van der Waals surface area contributed by atoms with Gasteiger partial charge in [0.15, 0.2) is 0 Å². The lowest BCUT2D eigenvalue weighted by molar-refractivity contribution is 0.0940. The summed E-state index contributed by atoms with van der Waals surface area (Å²) in [4.78, 5) is 12.4. The molecule has 1 aliphatic carbocycles. The van der Waals surface area contributed by atoms with Crippen molar-refractivity contribution in [1.82, 2.24) is 5.32 Å². The van der Waals surface area contributed by atoms with Crippen LogP contribution in [0.15, 0.2) is 36.4 Å². The zero-order valence-electron chi connectivity index (χ0n) is 13.0. The van der Waals surface area contributed by atoms with Crippen LogP contribution in [0.5, 0.6) is 0 Å². The summed E-state index contributed by atoms with van der Waals surface area (Å²) in [5, 5.41) is 3.90. The van der Waals surface area contributed by atoms with Gasteiger partial charge in [-0.25, -0.2) is 0 Å². The fourth-order valence-corrected chi connectivity index (χ4v) is 3.55. The average molecular weight is 348 g/mol. The number of halogens is 2.